The van der Waals surface area contributed by atoms with Crippen LogP contribution in [0, 0.1) is 0 Å². The number of hydrogen-bond donors (Lipinski definition) is 0. The van der Waals surface area contributed by atoms with Crippen LogP contribution in [0.1, 0.15) is 19.3 Å². The summed E-state index contributed by atoms with van der Waals surface area (Å²) < 4.78 is 25.2. The zero-order valence-electron chi connectivity index (χ0n) is 6.95. The molecule has 0 amide bonds. The van der Waals surface area contributed by atoms with Crippen LogP contribution in [0.5, 0.6) is 0 Å². The molecule has 0 bridgehead atoms. The Bertz CT molecular complexity index is 281. The molecule has 0 aromatic rings. The molecule has 72 valence electrons. The lowest BCUT2D eigenvalue weighted by Crippen LogP contribution is -2.06. The van der Waals surface area contributed by atoms with Gasteiger partial charge >= 0.3 is 0 Å². The normalized spacial score (nSPS) is 17.3. The van der Waals surface area contributed by atoms with Crippen LogP contribution in [0.3, 0.4) is 0 Å². The van der Waals surface area contributed by atoms with Crippen LogP contribution in [0.15, 0.2) is 23.3 Å². The van der Waals surface area contributed by atoms with Gasteiger partial charge in [0.2, 0.25) is 0 Å². The minimum absolute atomic E-state index is 0.0221. The van der Waals surface area contributed by atoms with Gasteiger partial charge in [-0.25, -0.2) is 8.78 Å². The van der Waals surface area contributed by atoms with Gasteiger partial charge in [-0.05, 0) is 18.1 Å². The Hall–Kier alpha value is -0.700. The van der Waals surface area contributed by atoms with Crippen molar-refractivity contribution >= 4 is 17.4 Å². The molecule has 0 aromatic heterocycles. The van der Waals surface area contributed by atoms with Gasteiger partial charge in [0, 0.05) is 18.7 Å². The summed E-state index contributed by atoms with van der Waals surface area (Å²) in [6.45, 7) is 0. The van der Waals surface area contributed by atoms with E-state index in [0.29, 0.717) is 5.57 Å². The van der Waals surface area contributed by atoms with E-state index in [1.807, 2.05) is 0 Å². The van der Waals surface area contributed by atoms with E-state index in [1.54, 1.807) is 0 Å². The molecule has 1 nitrogen and oxygen atoms in total. The molecule has 0 saturated carbocycles. The molecule has 4 heteroatoms. The number of halogens is 3. The van der Waals surface area contributed by atoms with Crippen molar-refractivity contribution in [2.75, 3.05) is 5.88 Å². The number of carbonyl (C=O) groups excluding carboxylic acids is 1. The monoisotopic (exact) mass is 206 g/mol. The molecule has 0 radical (unpaired) electrons. The zero-order valence-corrected chi connectivity index (χ0v) is 7.70. The quantitative estimate of drug-likeness (QED) is 0.649. The highest BCUT2D eigenvalue weighted by atomic mass is 35.5. The van der Waals surface area contributed by atoms with E-state index in [1.165, 1.54) is 0 Å². The Kier molecular flexibility index (Phi) is 3.60. The number of hydrogen-bond acceptors (Lipinski definition) is 1. The molecular weight excluding hydrogens is 198 g/mol. The number of rotatable bonds is 3. The van der Waals surface area contributed by atoms with Gasteiger partial charge in [0.1, 0.15) is 5.83 Å². The smallest absolute Gasteiger partial charge is 0.160 e. The van der Waals surface area contributed by atoms with Crippen molar-refractivity contribution in [2.24, 2.45) is 0 Å². The van der Waals surface area contributed by atoms with E-state index in [4.69, 9.17) is 11.6 Å². The van der Waals surface area contributed by atoms with Crippen molar-refractivity contribution in [1.82, 2.24) is 0 Å². The standard InChI is InChI=1S/C9H9ClF2O/c10-4-3-9(13)6-1-2-7(11)8(12)5-6/h5H,1-4H2. The first-order valence-corrected chi connectivity index (χ1v) is 4.52. The highest BCUT2D eigenvalue weighted by Gasteiger charge is 2.17. The fourth-order valence-corrected chi connectivity index (χ4v) is 1.31. The Morgan fingerprint density at radius 3 is 2.69 bits per heavy atom. The lowest BCUT2D eigenvalue weighted by atomic mass is 9.98. The topological polar surface area (TPSA) is 17.1 Å². The van der Waals surface area contributed by atoms with Crippen LogP contribution in [-0.4, -0.2) is 11.7 Å². The number of ketones is 1. The summed E-state index contributed by atoms with van der Waals surface area (Å²) in [6, 6.07) is 0. The number of alkyl halides is 1. The predicted octanol–water partition coefficient (Wildman–Crippen LogP) is 3.06. The maximum atomic E-state index is 12.7. The van der Waals surface area contributed by atoms with Crippen molar-refractivity contribution in [1.29, 1.82) is 0 Å². The van der Waals surface area contributed by atoms with E-state index in [9.17, 15) is 13.6 Å². The fourth-order valence-electron chi connectivity index (χ4n) is 1.13. The van der Waals surface area contributed by atoms with Gasteiger partial charge < -0.3 is 0 Å². The van der Waals surface area contributed by atoms with E-state index in [-0.39, 0.29) is 30.9 Å². The maximum absolute atomic E-state index is 12.7. The van der Waals surface area contributed by atoms with Crippen molar-refractivity contribution < 1.29 is 13.6 Å². The zero-order chi connectivity index (χ0) is 9.84. The van der Waals surface area contributed by atoms with Crippen molar-refractivity contribution in [3.05, 3.63) is 23.3 Å². The average Bonchev–Trinajstić information content (AvgIpc) is 2.10. The molecule has 1 rings (SSSR count). The lowest BCUT2D eigenvalue weighted by molar-refractivity contribution is -0.115. The third-order valence-corrected chi connectivity index (χ3v) is 2.04. The molecular formula is C9H9ClF2O. The first-order valence-electron chi connectivity index (χ1n) is 3.99. The molecule has 0 heterocycles. The van der Waals surface area contributed by atoms with Gasteiger partial charge in [-0.3, -0.25) is 4.79 Å². The predicted molar refractivity (Wildman–Crippen MR) is 46.9 cm³/mol. The summed E-state index contributed by atoms with van der Waals surface area (Å²) in [4.78, 5) is 11.2. The molecule has 0 fully saturated rings. The Labute approximate surface area is 80.1 Å². The molecule has 0 unspecified atom stereocenters. The lowest BCUT2D eigenvalue weighted by Gasteiger charge is -2.09. The summed E-state index contributed by atoms with van der Waals surface area (Å²) in [5.74, 6) is -1.69. The second-order valence-corrected chi connectivity index (χ2v) is 3.16. The Balaban J connectivity index is 2.73. The molecule has 0 spiro atoms. The molecule has 0 aromatic carbocycles. The minimum Gasteiger partial charge on any atom is -0.295 e. The average molecular weight is 207 g/mol. The third-order valence-electron chi connectivity index (χ3n) is 1.85. The van der Waals surface area contributed by atoms with E-state index >= 15 is 0 Å². The van der Waals surface area contributed by atoms with Gasteiger partial charge in [0.05, 0.1) is 0 Å². The van der Waals surface area contributed by atoms with Crippen molar-refractivity contribution in [3.8, 4) is 0 Å². The van der Waals surface area contributed by atoms with Crippen LogP contribution in [0.2, 0.25) is 0 Å². The largest absolute Gasteiger partial charge is 0.295 e. The van der Waals surface area contributed by atoms with E-state index in [2.05, 4.69) is 0 Å². The molecule has 1 aliphatic carbocycles. The first-order chi connectivity index (χ1) is 6.15. The summed E-state index contributed by atoms with van der Waals surface area (Å²) >= 11 is 5.35. The van der Waals surface area contributed by atoms with Gasteiger partial charge in [-0.1, -0.05) is 0 Å². The minimum atomic E-state index is -0.927. The van der Waals surface area contributed by atoms with Crippen molar-refractivity contribution in [3.63, 3.8) is 0 Å². The Morgan fingerprint density at radius 1 is 1.46 bits per heavy atom. The second kappa shape index (κ2) is 4.51. The van der Waals surface area contributed by atoms with E-state index < -0.39 is 11.7 Å². The maximum Gasteiger partial charge on any atom is 0.160 e. The summed E-state index contributed by atoms with van der Waals surface area (Å²) in [7, 11) is 0. The molecule has 0 saturated heterocycles. The molecule has 0 atom stereocenters. The highest BCUT2D eigenvalue weighted by molar-refractivity contribution is 6.19. The van der Waals surface area contributed by atoms with Gasteiger partial charge in [0.25, 0.3) is 0 Å². The van der Waals surface area contributed by atoms with Crippen LogP contribution in [-0.2, 0) is 4.79 Å². The first kappa shape index (κ1) is 10.4. The molecule has 13 heavy (non-hydrogen) atoms. The van der Waals surface area contributed by atoms with Gasteiger partial charge in [-0.2, -0.15) is 0 Å². The highest BCUT2D eigenvalue weighted by Crippen LogP contribution is 2.26. The van der Waals surface area contributed by atoms with Crippen LogP contribution in [0.25, 0.3) is 0 Å². The Morgan fingerprint density at radius 2 is 2.15 bits per heavy atom. The van der Waals surface area contributed by atoms with Gasteiger partial charge in [-0.15, -0.1) is 11.6 Å². The second-order valence-electron chi connectivity index (χ2n) is 2.78. The summed E-state index contributed by atoms with van der Waals surface area (Å²) in [6.07, 6.45) is 1.40. The molecule has 1 aliphatic rings. The fraction of sp³-hybridized carbons (Fsp3) is 0.444. The number of Topliss-reactive ketones (excluding diaryl/α,β-unsaturated/α-hetero) is 1. The summed E-state index contributed by atoms with van der Waals surface area (Å²) in [5.41, 5.74) is 0.333. The van der Waals surface area contributed by atoms with Gasteiger partial charge in [0.15, 0.2) is 11.6 Å². The summed E-state index contributed by atoms with van der Waals surface area (Å²) in [5, 5.41) is 0. The molecule has 0 aliphatic heterocycles. The van der Waals surface area contributed by atoms with E-state index in [0.717, 1.165) is 6.08 Å². The van der Waals surface area contributed by atoms with Crippen LogP contribution in [0.4, 0.5) is 8.78 Å². The molecule has 0 N–H and O–H groups in total. The number of carbonyl (C=O) groups is 1. The SMILES string of the molecule is O=C(CCCl)C1=CC(F)=C(F)CC1. The van der Waals surface area contributed by atoms with Crippen molar-refractivity contribution in [2.45, 2.75) is 19.3 Å². The van der Waals surface area contributed by atoms with Crippen LogP contribution < -0.4 is 0 Å². The third kappa shape index (κ3) is 2.62. The number of allylic oxidation sites excluding steroid dienone is 4. The van der Waals surface area contributed by atoms with Crippen LogP contribution >= 0.6 is 11.6 Å².